The maximum absolute atomic E-state index is 10.6. The second-order valence-electron chi connectivity index (χ2n) is 6.58. The summed E-state index contributed by atoms with van der Waals surface area (Å²) in [7, 11) is 0. The van der Waals surface area contributed by atoms with Gasteiger partial charge in [0.15, 0.2) is 0 Å². The Morgan fingerprint density at radius 2 is 2.06 bits per heavy atom. The van der Waals surface area contributed by atoms with E-state index in [9.17, 15) is 4.79 Å². The maximum Gasteiger partial charge on any atom is 0.303 e. The predicted octanol–water partition coefficient (Wildman–Crippen LogP) is 3.53. The molecule has 0 aromatic rings. The summed E-state index contributed by atoms with van der Waals surface area (Å²) in [4.78, 5) is 13.2. The minimum atomic E-state index is -0.679. The molecule has 1 N–H and O–H groups in total. The van der Waals surface area contributed by atoms with Gasteiger partial charge in [0.2, 0.25) is 0 Å². The van der Waals surface area contributed by atoms with E-state index < -0.39 is 5.97 Å². The molecule has 0 aromatic carbocycles. The number of aliphatic carboxylic acids is 1. The van der Waals surface area contributed by atoms with E-state index in [0.29, 0.717) is 17.5 Å². The fraction of sp³-hybridized carbons (Fsp3) is 0.933. The molecular formula is C15H29NO2. The van der Waals surface area contributed by atoms with E-state index in [-0.39, 0.29) is 6.42 Å². The molecule has 3 nitrogen and oxygen atoms in total. The van der Waals surface area contributed by atoms with E-state index in [0.717, 1.165) is 13.0 Å². The highest BCUT2D eigenvalue weighted by Crippen LogP contribution is 2.39. The lowest BCUT2D eigenvalue weighted by atomic mass is 9.72. The van der Waals surface area contributed by atoms with Crippen LogP contribution < -0.4 is 0 Å². The topological polar surface area (TPSA) is 40.5 Å². The van der Waals surface area contributed by atoms with Gasteiger partial charge in [0.1, 0.15) is 0 Å². The van der Waals surface area contributed by atoms with E-state index in [4.69, 9.17) is 5.11 Å². The van der Waals surface area contributed by atoms with Gasteiger partial charge in [-0.25, -0.2) is 0 Å². The molecule has 1 aliphatic carbocycles. The summed E-state index contributed by atoms with van der Waals surface area (Å²) in [5.41, 5.74) is 0.367. The normalized spacial score (nSPS) is 23.6. The van der Waals surface area contributed by atoms with Crippen LogP contribution in [0.15, 0.2) is 0 Å². The van der Waals surface area contributed by atoms with Gasteiger partial charge in [0.05, 0.1) is 0 Å². The summed E-state index contributed by atoms with van der Waals surface area (Å²) >= 11 is 0. The lowest BCUT2D eigenvalue weighted by molar-refractivity contribution is -0.137. The van der Waals surface area contributed by atoms with Crippen LogP contribution >= 0.6 is 0 Å². The van der Waals surface area contributed by atoms with Gasteiger partial charge in [-0.15, -0.1) is 0 Å². The van der Waals surface area contributed by atoms with Crippen molar-refractivity contribution < 1.29 is 9.90 Å². The number of nitrogens with zero attached hydrogens (tertiary/aromatic N) is 1. The van der Waals surface area contributed by atoms with Gasteiger partial charge < -0.3 is 5.11 Å². The Kier molecular flexibility index (Phi) is 5.64. The highest BCUT2D eigenvalue weighted by atomic mass is 16.4. The van der Waals surface area contributed by atoms with Crippen molar-refractivity contribution in [3.05, 3.63) is 0 Å². The maximum atomic E-state index is 10.6. The average Bonchev–Trinajstić information content (AvgIpc) is 2.24. The SMILES string of the molecule is CC(C)N(CCCC(=O)O)C1CCCCC1(C)C. The van der Waals surface area contributed by atoms with Crippen molar-refractivity contribution in [2.24, 2.45) is 5.41 Å². The molecule has 1 saturated carbocycles. The van der Waals surface area contributed by atoms with Gasteiger partial charge in [0.25, 0.3) is 0 Å². The molecule has 0 amide bonds. The van der Waals surface area contributed by atoms with Gasteiger partial charge in [-0.3, -0.25) is 9.69 Å². The quantitative estimate of drug-likeness (QED) is 0.789. The van der Waals surface area contributed by atoms with Crippen molar-refractivity contribution in [2.45, 2.75) is 78.3 Å². The first-order valence-electron chi connectivity index (χ1n) is 7.32. The van der Waals surface area contributed by atoms with Crippen molar-refractivity contribution in [3.63, 3.8) is 0 Å². The first-order chi connectivity index (χ1) is 8.34. The molecule has 0 radical (unpaired) electrons. The number of hydrogen-bond donors (Lipinski definition) is 1. The predicted molar refractivity (Wildman–Crippen MR) is 74.7 cm³/mol. The first-order valence-corrected chi connectivity index (χ1v) is 7.32. The molecular weight excluding hydrogens is 226 g/mol. The smallest absolute Gasteiger partial charge is 0.303 e. The van der Waals surface area contributed by atoms with E-state index in [2.05, 4.69) is 32.6 Å². The number of carboxylic acid groups (broad SMARTS) is 1. The molecule has 1 aliphatic rings. The van der Waals surface area contributed by atoms with E-state index in [1.54, 1.807) is 0 Å². The second-order valence-corrected chi connectivity index (χ2v) is 6.58. The monoisotopic (exact) mass is 255 g/mol. The van der Waals surface area contributed by atoms with Crippen LogP contribution in [-0.2, 0) is 4.79 Å². The van der Waals surface area contributed by atoms with Crippen LogP contribution in [0.3, 0.4) is 0 Å². The van der Waals surface area contributed by atoms with Crippen molar-refractivity contribution >= 4 is 5.97 Å². The van der Waals surface area contributed by atoms with Crippen LogP contribution in [0.5, 0.6) is 0 Å². The summed E-state index contributed by atoms with van der Waals surface area (Å²) in [6, 6.07) is 1.11. The van der Waals surface area contributed by atoms with Gasteiger partial charge in [0, 0.05) is 18.5 Å². The fourth-order valence-corrected chi connectivity index (χ4v) is 3.28. The summed E-state index contributed by atoms with van der Waals surface area (Å²) in [6.07, 6.45) is 6.26. The molecule has 0 saturated heterocycles. The van der Waals surface area contributed by atoms with Crippen LogP contribution in [0.25, 0.3) is 0 Å². The first kappa shape index (κ1) is 15.5. The molecule has 1 unspecified atom stereocenters. The van der Waals surface area contributed by atoms with E-state index in [1.807, 2.05) is 0 Å². The van der Waals surface area contributed by atoms with Crippen LogP contribution in [0.2, 0.25) is 0 Å². The summed E-state index contributed by atoms with van der Waals surface area (Å²) in [5.74, 6) is -0.679. The minimum absolute atomic E-state index is 0.288. The molecule has 0 aromatic heterocycles. The third-order valence-corrected chi connectivity index (χ3v) is 4.32. The number of rotatable bonds is 6. The molecule has 1 fully saturated rings. The van der Waals surface area contributed by atoms with Crippen molar-refractivity contribution in [1.82, 2.24) is 4.90 Å². The van der Waals surface area contributed by atoms with Crippen molar-refractivity contribution in [2.75, 3.05) is 6.54 Å². The van der Waals surface area contributed by atoms with Crippen LogP contribution in [0.1, 0.15) is 66.2 Å². The number of hydrogen-bond acceptors (Lipinski definition) is 2. The van der Waals surface area contributed by atoms with Gasteiger partial charge >= 0.3 is 5.97 Å². The second kappa shape index (κ2) is 6.55. The Labute approximate surface area is 112 Å². The fourth-order valence-electron chi connectivity index (χ4n) is 3.28. The van der Waals surface area contributed by atoms with Gasteiger partial charge in [-0.05, 0) is 45.1 Å². The number of carboxylic acids is 1. The Morgan fingerprint density at radius 1 is 1.39 bits per heavy atom. The molecule has 106 valence electrons. The summed E-state index contributed by atoms with van der Waals surface area (Å²) in [5, 5.41) is 8.76. The number of carbonyl (C=O) groups is 1. The van der Waals surface area contributed by atoms with E-state index in [1.165, 1.54) is 25.7 Å². The third-order valence-electron chi connectivity index (χ3n) is 4.32. The van der Waals surface area contributed by atoms with Crippen LogP contribution in [0.4, 0.5) is 0 Å². The third kappa shape index (κ3) is 4.27. The van der Waals surface area contributed by atoms with E-state index >= 15 is 0 Å². The lowest BCUT2D eigenvalue weighted by Gasteiger charge is -2.47. The van der Waals surface area contributed by atoms with Crippen LogP contribution in [-0.4, -0.2) is 34.6 Å². The van der Waals surface area contributed by atoms with Gasteiger partial charge in [-0.1, -0.05) is 26.7 Å². The van der Waals surface area contributed by atoms with Crippen molar-refractivity contribution in [3.8, 4) is 0 Å². The summed E-state index contributed by atoms with van der Waals surface area (Å²) in [6.45, 7) is 10.1. The molecule has 1 atom stereocenters. The molecule has 1 rings (SSSR count). The van der Waals surface area contributed by atoms with Crippen molar-refractivity contribution in [1.29, 1.82) is 0 Å². The minimum Gasteiger partial charge on any atom is -0.481 e. The zero-order valence-electron chi connectivity index (χ0n) is 12.4. The molecule has 0 bridgehead atoms. The van der Waals surface area contributed by atoms with Gasteiger partial charge in [-0.2, -0.15) is 0 Å². The Balaban J connectivity index is 2.62. The molecule has 0 heterocycles. The average molecular weight is 255 g/mol. The zero-order chi connectivity index (χ0) is 13.8. The molecule has 3 heteroatoms. The highest BCUT2D eigenvalue weighted by molar-refractivity contribution is 5.66. The molecule has 18 heavy (non-hydrogen) atoms. The Bertz CT molecular complexity index is 274. The Hall–Kier alpha value is -0.570. The zero-order valence-corrected chi connectivity index (χ0v) is 12.4. The molecule has 0 aliphatic heterocycles. The molecule has 0 spiro atoms. The highest BCUT2D eigenvalue weighted by Gasteiger charge is 2.36. The largest absolute Gasteiger partial charge is 0.481 e. The Morgan fingerprint density at radius 3 is 2.56 bits per heavy atom. The lowest BCUT2D eigenvalue weighted by Crippen LogP contribution is -2.50. The standard InChI is InChI=1S/C15H29NO2/c1-12(2)16(11-7-9-14(17)18)13-8-5-6-10-15(13,3)4/h12-13H,5-11H2,1-4H3,(H,17,18). The van der Waals surface area contributed by atoms with Crippen LogP contribution in [0, 0.1) is 5.41 Å². The summed E-state index contributed by atoms with van der Waals surface area (Å²) < 4.78 is 0.